The van der Waals surface area contributed by atoms with E-state index >= 15 is 0 Å². The fourth-order valence-corrected chi connectivity index (χ4v) is 1.82. The highest BCUT2D eigenvalue weighted by molar-refractivity contribution is 6.01. The van der Waals surface area contributed by atoms with Crippen LogP contribution in [0.2, 0.25) is 0 Å². The van der Waals surface area contributed by atoms with E-state index in [4.69, 9.17) is 0 Å². The van der Waals surface area contributed by atoms with E-state index in [1.165, 1.54) is 5.56 Å². The van der Waals surface area contributed by atoms with Gasteiger partial charge in [0.15, 0.2) is 0 Å². The molecule has 0 amide bonds. The Morgan fingerprint density at radius 2 is 1.64 bits per heavy atom. The second kappa shape index (κ2) is 3.93. The number of carbonyl (C=O) groups is 1. The summed E-state index contributed by atoms with van der Waals surface area (Å²) in [5.41, 5.74) is 7.93. The van der Waals surface area contributed by atoms with Gasteiger partial charge in [0.1, 0.15) is 6.04 Å². The Labute approximate surface area is 85.1 Å². The molecule has 0 spiro atoms. The minimum absolute atomic E-state index is 0.139. The SMILES string of the molecule is Cc1cc(C)c(C(=O)C(C)[NH3+])c(C)c1. The van der Waals surface area contributed by atoms with E-state index < -0.39 is 0 Å². The molecule has 0 aliphatic carbocycles. The Morgan fingerprint density at radius 3 is 2.00 bits per heavy atom. The van der Waals surface area contributed by atoms with Crippen molar-refractivity contribution in [1.82, 2.24) is 0 Å². The maximum atomic E-state index is 11.8. The first-order valence-electron chi connectivity index (χ1n) is 4.88. The molecule has 0 heterocycles. The first-order valence-corrected chi connectivity index (χ1v) is 4.88. The molecular formula is C12H18NO+. The molecule has 3 N–H and O–H groups in total. The van der Waals surface area contributed by atoms with Crippen LogP contribution in [0.4, 0.5) is 0 Å². The van der Waals surface area contributed by atoms with Gasteiger partial charge in [-0.15, -0.1) is 0 Å². The van der Waals surface area contributed by atoms with E-state index in [9.17, 15) is 4.79 Å². The van der Waals surface area contributed by atoms with E-state index in [0.29, 0.717) is 0 Å². The molecule has 1 atom stereocenters. The molecule has 0 bridgehead atoms. The fraction of sp³-hybridized carbons (Fsp3) is 0.417. The summed E-state index contributed by atoms with van der Waals surface area (Å²) < 4.78 is 0. The quantitative estimate of drug-likeness (QED) is 0.708. The zero-order valence-corrected chi connectivity index (χ0v) is 9.35. The predicted octanol–water partition coefficient (Wildman–Crippen LogP) is 1.42. The topological polar surface area (TPSA) is 44.7 Å². The first-order chi connectivity index (χ1) is 6.43. The number of ketones is 1. The van der Waals surface area contributed by atoms with E-state index in [0.717, 1.165) is 16.7 Å². The number of benzene rings is 1. The molecule has 1 rings (SSSR count). The van der Waals surface area contributed by atoms with Gasteiger partial charge in [-0.3, -0.25) is 4.79 Å². The third kappa shape index (κ3) is 2.02. The van der Waals surface area contributed by atoms with Crippen molar-refractivity contribution >= 4 is 5.78 Å². The van der Waals surface area contributed by atoms with Gasteiger partial charge in [0.05, 0.1) is 0 Å². The highest BCUT2D eigenvalue weighted by atomic mass is 16.1. The summed E-state index contributed by atoms with van der Waals surface area (Å²) in [5.74, 6) is 0.139. The molecule has 0 aliphatic rings. The lowest BCUT2D eigenvalue weighted by molar-refractivity contribution is -0.393. The third-order valence-electron chi connectivity index (χ3n) is 2.37. The lowest BCUT2D eigenvalue weighted by Gasteiger charge is -2.10. The molecule has 14 heavy (non-hydrogen) atoms. The molecule has 0 saturated heterocycles. The molecule has 1 aromatic rings. The van der Waals surface area contributed by atoms with Gasteiger partial charge in [-0.05, 0) is 38.8 Å². The van der Waals surface area contributed by atoms with Gasteiger partial charge in [-0.1, -0.05) is 17.7 Å². The molecule has 0 aliphatic heterocycles. The second-order valence-corrected chi connectivity index (χ2v) is 4.04. The summed E-state index contributed by atoms with van der Waals surface area (Å²) in [5, 5.41) is 0. The fourth-order valence-electron chi connectivity index (χ4n) is 1.82. The van der Waals surface area contributed by atoms with Gasteiger partial charge < -0.3 is 5.73 Å². The van der Waals surface area contributed by atoms with Gasteiger partial charge in [-0.2, -0.15) is 0 Å². The van der Waals surface area contributed by atoms with Crippen LogP contribution in [-0.4, -0.2) is 11.8 Å². The van der Waals surface area contributed by atoms with Crippen molar-refractivity contribution in [3.8, 4) is 0 Å². The Morgan fingerprint density at radius 1 is 1.21 bits per heavy atom. The van der Waals surface area contributed by atoms with Crippen molar-refractivity contribution in [3.63, 3.8) is 0 Å². The summed E-state index contributed by atoms with van der Waals surface area (Å²) in [6.07, 6.45) is 0. The lowest BCUT2D eigenvalue weighted by Crippen LogP contribution is -2.63. The lowest BCUT2D eigenvalue weighted by atomic mass is 9.94. The van der Waals surface area contributed by atoms with Crippen LogP contribution < -0.4 is 5.73 Å². The number of carbonyl (C=O) groups excluding carboxylic acids is 1. The minimum atomic E-state index is -0.171. The standard InChI is InChI=1S/C12H17NO/c1-7-5-8(2)11(9(3)6-7)12(14)10(4)13/h5-6,10H,13H2,1-4H3/p+1. The predicted molar refractivity (Wildman–Crippen MR) is 57.3 cm³/mol. The van der Waals surface area contributed by atoms with Crippen molar-refractivity contribution in [3.05, 3.63) is 34.4 Å². The summed E-state index contributed by atoms with van der Waals surface area (Å²) in [7, 11) is 0. The van der Waals surface area contributed by atoms with Crippen LogP contribution >= 0.6 is 0 Å². The monoisotopic (exact) mass is 192 g/mol. The molecule has 76 valence electrons. The highest BCUT2D eigenvalue weighted by Gasteiger charge is 2.18. The van der Waals surface area contributed by atoms with E-state index in [-0.39, 0.29) is 11.8 Å². The van der Waals surface area contributed by atoms with E-state index in [2.05, 4.69) is 5.73 Å². The van der Waals surface area contributed by atoms with Crippen LogP contribution in [0.15, 0.2) is 12.1 Å². The number of hydrogen-bond acceptors (Lipinski definition) is 1. The molecule has 0 aromatic heterocycles. The van der Waals surface area contributed by atoms with E-state index in [1.807, 2.05) is 39.8 Å². The van der Waals surface area contributed by atoms with Crippen molar-refractivity contribution in [2.75, 3.05) is 0 Å². The number of Topliss-reactive ketones (excluding diaryl/α,β-unsaturated/α-hetero) is 1. The Kier molecular flexibility index (Phi) is 3.06. The largest absolute Gasteiger partial charge is 0.349 e. The zero-order valence-electron chi connectivity index (χ0n) is 9.35. The average Bonchev–Trinajstić information content (AvgIpc) is 2.01. The van der Waals surface area contributed by atoms with Crippen molar-refractivity contribution in [2.24, 2.45) is 0 Å². The van der Waals surface area contributed by atoms with Crippen molar-refractivity contribution in [2.45, 2.75) is 33.7 Å². The van der Waals surface area contributed by atoms with Crippen LogP contribution in [0, 0.1) is 20.8 Å². The van der Waals surface area contributed by atoms with Gasteiger partial charge in [-0.25, -0.2) is 0 Å². The highest BCUT2D eigenvalue weighted by Crippen LogP contribution is 2.17. The number of quaternary nitrogens is 1. The van der Waals surface area contributed by atoms with Gasteiger partial charge in [0.2, 0.25) is 5.78 Å². The normalized spacial score (nSPS) is 12.6. The first kappa shape index (κ1) is 10.9. The molecule has 0 saturated carbocycles. The summed E-state index contributed by atoms with van der Waals surface area (Å²) in [4.78, 5) is 11.8. The second-order valence-electron chi connectivity index (χ2n) is 4.04. The smallest absolute Gasteiger partial charge is 0.220 e. The zero-order chi connectivity index (χ0) is 10.9. The summed E-state index contributed by atoms with van der Waals surface area (Å²) in [6.45, 7) is 7.84. The molecule has 2 heteroatoms. The van der Waals surface area contributed by atoms with Gasteiger partial charge in [0, 0.05) is 5.56 Å². The van der Waals surface area contributed by atoms with Crippen molar-refractivity contribution in [1.29, 1.82) is 0 Å². The van der Waals surface area contributed by atoms with Gasteiger partial charge >= 0.3 is 0 Å². The number of hydrogen-bond donors (Lipinski definition) is 1. The maximum absolute atomic E-state index is 11.8. The summed E-state index contributed by atoms with van der Waals surface area (Å²) in [6, 6.07) is 3.92. The van der Waals surface area contributed by atoms with Crippen molar-refractivity contribution < 1.29 is 10.5 Å². The van der Waals surface area contributed by atoms with Crippen LogP contribution in [0.25, 0.3) is 0 Å². The van der Waals surface area contributed by atoms with E-state index in [1.54, 1.807) is 0 Å². The van der Waals surface area contributed by atoms with Crippen LogP contribution in [0.3, 0.4) is 0 Å². The molecule has 1 unspecified atom stereocenters. The Balaban J connectivity index is 3.28. The number of rotatable bonds is 2. The van der Waals surface area contributed by atoms with Crippen LogP contribution in [0.1, 0.15) is 34.0 Å². The van der Waals surface area contributed by atoms with Crippen LogP contribution in [-0.2, 0) is 0 Å². The molecule has 0 fully saturated rings. The molecule has 2 nitrogen and oxygen atoms in total. The maximum Gasteiger partial charge on any atom is 0.220 e. The molecule has 0 radical (unpaired) electrons. The molecular weight excluding hydrogens is 174 g/mol. The molecule has 1 aromatic carbocycles. The summed E-state index contributed by atoms with van der Waals surface area (Å²) >= 11 is 0. The Bertz CT molecular complexity index is 344. The minimum Gasteiger partial charge on any atom is -0.349 e. The Hall–Kier alpha value is -1.15. The van der Waals surface area contributed by atoms with Crippen LogP contribution in [0.5, 0.6) is 0 Å². The average molecular weight is 192 g/mol. The van der Waals surface area contributed by atoms with Gasteiger partial charge in [0.25, 0.3) is 0 Å². The third-order valence-corrected chi connectivity index (χ3v) is 2.37. The number of aryl methyl sites for hydroxylation is 3.